The molecule has 2 heterocycles. The summed E-state index contributed by atoms with van der Waals surface area (Å²) in [6.07, 6.45) is 2.03. The molecule has 1 atom stereocenters. The van der Waals surface area contributed by atoms with Gasteiger partial charge in [-0.15, -0.1) is 0 Å². The predicted octanol–water partition coefficient (Wildman–Crippen LogP) is 1.70. The molecule has 0 saturated carbocycles. The summed E-state index contributed by atoms with van der Waals surface area (Å²) in [5.41, 5.74) is 3.74. The fourth-order valence-electron chi connectivity index (χ4n) is 3.57. The topological polar surface area (TPSA) is 57.7 Å². The first-order valence-corrected chi connectivity index (χ1v) is 10.5. The summed E-state index contributed by atoms with van der Waals surface area (Å²) in [6.45, 7) is 6.26. The van der Waals surface area contributed by atoms with Crippen molar-refractivity contribution in [2.24, 2.45) is 0 Å². The fraction of sp³-hybridized carbons (Fsp3) is 0.611. The largest absolute Gasteiger partial charge is 0.335 e. The molecular weight excluding hydrogens is 324 g/mol. The van der Waals surface area contributed by atoms with Gasteiger partial charge in [-0.2, -0.15) is 0 Å². The van der Waals surface area contributed by atoms with Crippen molar-refractivity contribution in [1.82, 2.24) is 9.80 Å². The second-order valence-corrected chi connectivity index (χ2v) is 9.32. The average Bonchev–Trinajstić information content (AvgIpc) is 3.02. The summed E-state index contributed by atoms with van der Waals surface area (Å²) >= 11 is 0. The number of hydrogen-bond donors (Lipinski definition) is 0. The van der Waals surface area contributed by atoms with Gasteiger partial charge in [0.2, 0.25) is 5.91 Å². The third-order valence-electron chi connectivity index (χ3n) is 5.28. The van der Waals surface area contributed by atoms with E-state index in [1.54, 1.807) is 0 Å². The first-order chi connectivity index (χ1) is 11.4. The number of sulfone groups is 1. The van der Waals surface area contributed by atoms with Crippen LogP contribution in [0.1, 0.15) is 35.6 Å². The lowest BCUT2D eigenvalue weighted by molar-refractivity contribution is -0.133. The van der Waals surface area contributed by atoms with Crippen LogP contribution in [-0.4, -0.2) is 61.8 Å². The third kappa shape index (κ3) is 3.81. The third-order valence-corrected chi connectivity index (χ3v) is 6.89. The molecule has 3 rings (SSSR count). The minimum atomic E-state index is -2.90. The van der Waals surface area contributed by atoms with E-state index in [0.717, 1.165) is 19.4 Å². The van der Waals surface area contributed by atoms with Crippen molar-refractivity contribution >= 4 is 15.7 Å². The molecular formula is C18H26N2O3S. The van der Waals surface area contributed by atoms with Crippen molar-refractivity contribution in [3.05, 3.63) is 34.9 Å². The second kappa shape index (κ2) is 6.84. The van der Waals surface area contributed by atoms with Gasteiger partial charge < -0.3 is 4.90 Å². The molecule has 1 unspecified atom stereocenters. The lowest BCUT2D eigenvalue weighted by Crippen LogP contribution is -2.46. The fourth-order valence-corrected chi connectivity index (χ4v) is 4.85. The summed E-state index contributed by atoms with van der Waals surface area (Å²) in [4.78, 5) is 16.7. The monoisotopic (exact) mass is 350 g/mol. The molecule has 0 aliphatic carbocycles. The van der Waals surface area contributed by atoms with Gasteiger partial charge in [-0.1, -0.05) is 18.2 Å². The van der Waals surface area contributed by atoms with Crippen molar-refractivity contribution in [1.29, 1.82) is 0 Å². The number of benzene rings is 1. The zero-order chi connectivity index (χ0) is 17.3. The molecule has 0 radical (unpaired) electrons. The van der Waals surface area contributed by atoms with Crippen molar-refractivity contribution in [3.8, 4) is 0 Å². The number of carbonyl (C=O) groups excluding carboxylic acids is 1. The number of amides is 1. The Morgan fingerprint density at radius 3 is 2.50 bits per heavy atom. The molecule has 132 valence electrons. The first kappa shape index (κ1) is 17.4. The van der Waals surface area contributed by atoms with E-state index in [9.17, 15) is 13.2 Å². The lowest BCUT2D eigenvalue weighted by atomic mass is 9.99. The second-order valence-electron chi connectivity index (χ2n) is 7.02. The smallest absolute Gasteiger partial charge is 0.237 e. The van der Waals surface area contributed by atoms with Gasteiger partial charge in [-0.3, -0.25) is 9.69 Å². The molecule has 5 nitrogen and oxygen atoms in total. The van der Waals surface area contributed by atoms with E-state index in [-0.39, 0.29) is 23.5 Å². The van der Waals surface area contributed by atoms with Crippen LogP contribution in [-0.2, 0) is 14.6 Å². The summed E-state index contributed by atoms with van der Waals surface area (Å²) < 4.78 is 23.0. The van der Waals surface area contributed by atoms with E-state index < -0.39 is 9.84 Å². The minimum absolute atomic E-state index is 0.120. The molecule has 2 aliphatic heterocycles. The van der Waals surface area contributed by atoms with Crippen LogP contribution < -0.4 is 0 Å². The molecule has 1 aromatic carbocycles. The Hall–Kier alpha value is -1.40. The quantitative estimate of drug-likeness (QED) is 0.832. The maximum atomic E-state index is 12.7. The van der Waals surface area contributed by atoms with Crippen LogP contribution in [0.25, 0.3) is 0 Å². The molecule has 6 heteroatoms. The Bertz CT molecular complexity index is 716. The summed E-state index contributed by atoms with van der Waals surface area (Å²) in [5.74, 6) is 0.455. The number of aryl methyl sites for hydroxylation is 2. The van der Waals surface area contributed by atoms with E-state index in [4.69, 9.17) is 0 Å². The zero-order valence-corrected chi connectivity index (χ0v) is 15.3. The molecule has 1 aromatic rings. The highest BCUT2D eigenvalue weighted by Gasteiger charge is 2.32. The molecule has 2 fully saturated rings. The van der Waals surface area contributed by atoms with Crippen LogP contribution in [0.3, 0.4) is 0 Å². The highest BCUT2D eigenvalue weighted by molar-refractivity contribution is 7.91. The van der Waals surface area contributed by atoms with Crippen LogP contribution >= 0.6 is 0 Å². The predicted molar refractivity (Wildman–Crippen MR) is 94.7 cm³/mol. The maximum Gasteiger partial charge on any atom is 0.237 e. The number of nitrogens with zero attached hydrogens (tertiary/aromatic N) is 2. The van der Waals surface area contributed by atoms with E-state index in [2.05, 4.69) is 32.0 Å². The van der Waals surface area contributed by atoms with Crippen LogP contribution in [0, 0.1) is 13.8 Å². The maximum absolute atomic E-state index is 12.7. The number of rotatable bonds is 3. The summed E-state index contributed by atoms with van der Waals surface area (Å²) in [7, 11) is -2.90. The van der Waals surface area contributed by atoms with Gasteiger partial charge in [0.05, 0.1) is 24.1 Å². The highest BCUT2D eigenvalue weighted by Crippen LogP contribution is 2.33. The Labute approximate surface area is 144 Å². The van der Waals surface area contributed by atoms with Gasteiger partial charge in [0, 0.05) is 19.6 Å². The summed E-state index contributed by atoms with van der Waals surface area (Å²) in [5, 5.41) is 0. The molecule has 2 saturated heterocycles. The standard InChI is InChI=1S/C18H26N2O3S/c1-14-5-6-16(12-15(14)2)17-4-3-7-20(17)18(21)13-19-8-10-24(22,23)11-9-19/h5-6,12,17H,3-4,7-11,13H2,1-2H3. The lowest BCUT2D eigenvalue weighted by Gasteiger charge is -2.30. The van der Waals surface area contributed by atoms with Crippen LogP contribution in [0.5, 0.6) is 0 Å². The van der Waals surface area contributed by atoms with Crippen LogP contribution in [0.2, 0.25) is 0 Å². The van der Waals surface area contributed by atoms with Crippen molar-refractivity contribution in [3.63, 3.8) is 0 Å². The molecule has 0 aromatic heterocycles. The first-order valence-electron chi connectivity index (χ1n) is 8.65. The number of likely N-dealkylation sites (tertiary alicyclic amines) is 1. The van der Waals surface area contributed by atoms with Gasteiger partial charge in [-0.05, 0) is 43.4 Å². The van der Waals surface area contributed by atoms with Gasteiger partial charge in [0.15, 0.2) is 9.84 Å². The molecule has 24 heavy (non-hydrogen) atoms. The molecule has 0 N–H and O–H groups in total. The Morgan fingerprint density at radius 2 is 1.83 bits per heavy atom. The van der Waals surface area contributed by atoms with Crippen molar-refractivity contribution < 1.29 is 13.2 Å². The van der Waals surface area contributed by atoms with Gasteiger partial charge in [0.25, 0.3) is 0 Å². The molecule has 0 spiro atoms. The van der Waals surface area contributed by atoms with E-state index >= 15 is 0 Å². The van der Waals surface area contributed by atoms with Crippen LogP contribution in [0.15, 0.2) is 18.2 Å². The minimum Gasteiger partial charge on any atom is -0.335 e. The van der Waals surface area contributed by atoms with Crippen molar-refractivity contribution in [2.45, 2.75) is 32.7 Å². The van der Waals surface area contributed by atoms with E-state index in [1.807, 2.05) is 9.80 Å². The Balaban J connectivity index is 1.66. The average molecular weight is 350 g/mol. The Kier molecular flexibility index (Phi) is 4.97. The SMILES string of the molecule is Cc1ccc(C2CCCN2C(=O)CN2CCS(=O)(=O)CC2)cc1C. The Morgan fingerprint density at radius 1 is 1.12 bits per heavy atom. The van der Waals surface area contributed by atoms with E-state index in [1.165, 1.54) is 16.7 Å². The van der Waals surface area contributed by atoms with Crippen molar-refractivity contribution in [2.75, 3.05) is 37.7 Å². The molecule has 1 amide bonds. The molecule has 0 bridgehead atoms. The zero-order valence-electron chi connectivity index (χ0n) is 14.5. The van der Waals surface area contributed by atoms with Gasteiger partial charge in [0.1, 0.15) is 0 Å². The molecule has 2 aliphatic rings. The number of carbonyl (C=O) groups is 1. The van der Waals surface area contributed by atoms with Crippen LogP contribution in [0.4, 0.5) is 0 Å². The van der Waals surface area contributed by atoms with Gasteiger partial charge >= 0.3 is 0 Å². The highest BCUT2D eigenvalue weighted by atomic mass is 32.2. The summed E-state index contributed by atoms with van der Waals surface area (Å²) in [6, 6.07) is 6.61. The van der Waals surface area contributed by atoms with E-state index in [0.29, 0.717) is 19.6 Å². The normalized spacial score (nSPS) is 24.2. The van der Waals surface area contributed by atoms with Gasteiger partial charge in [-0.25, -0.2) is 8.42 Å². The number of hydrogen-bond acceptors (Lipinski definition) is 4.